The molecule has 3 heteroatoms. The third kappa shape index (κ3) is 3.34. The van der Waals surface area contributed by atoms with Crippen LogP contribution < -0.4 is 5.43 Å². The Morgan fingerprint density at radius 3 is 1.94 bits per heavy atom. The van der Waals surface area contributed by atoms with Crippen molar-refractivity contribution >= 4 is 22.5 Å². The summed E-state index contributed by atoms with van der Waals surface area (Å²) in [5.41, 5.74) is 7.19. The van der Waals surface area contributed by atoms with Crippen molar-refractivity contribution in [2.24, 2.45) is 5.10 Å². The number of nitrogens with zero attached hydrogens (tertiary/aromatic N) is 1. The molecule has 0 atom stereocenters. The largest absolute Gasteiger partial charge is 0.277 e. The average molecular weight is 259 g/mol. The second-order valence-electron chi connectivity index (χ2n) is 4.25. The van der Waals surface area contributed by atoms with E-state index in [0.717, 1.165) is 11.3 Å². The van der Waals surface area contributed by atoms with Gasteiger partial charge >= 0.3 is 0 Å². The van der Waals surface area contributed by atoms with E-state index in [-0.39, 0.29) is 0 Å². The molecule has 0 saturated heterocycles. The minimum Gasteiger partial charge on any atom is -0.277 e. The highest BCUT2D eigenvalue weighted by Gasteiger charge is 1.99. The van der Waals surface area contributed by atoms with Gasteiger partial charge in [0, 0.05) is 5.56 Å². The van der Waals surface area contributed by atoms with Gasteiger partial charge in [-0.25, -0.2) is 0 Å². The summed E-state index contributed by atoms with van der Waals surface area (Å²) < 4.78 is 0. The summed E-state index contributed by atoms with van der Waals surface area (Å²) in [5, 5.41) is 4.61. The molecule has 0 aromatic heterocycles. The van der Waals surface area contributed by atoms with Gasteiger partial charge in [-0.3, -0.25) is 5.43 Å². The monoisotopic (exact) mass is 258 g/mol. The molecule has 2 aromatic carbocycles. The first-order valence-corrected chi connectivity index (χ1v) is 6.16. The molecule has 0 fully saturated rings. The molecule has 0 amide bonds. The fourth-order valence-corrected chi connectivity index (χ4v) is 1.67. The number of hydrazone groups is 1. The number of anilines is 1. The summed E-state index contributed by atoms with van der Waals surface area (Å²) in [6, 6.07) is 15.9. The second kappa shape index (κ2) is 5.69. The molecule has 0 spiro atoms. The van der Waals surface area contributed by atoms with Crippen molar-refractivity contribution in [3.63, 3.8) is 0 Å². The number of hydrogen-bond donors (Lipinski definition) is 1. The molecule has 0 aliphatic rings. The van der Waals surface area contributed by atoms with Gasteiger partial charge in [0.2, 0.25) is 0 Å². The van der Waals surface area contributed by atoms with E-state index >= 15 is 0 Å². The Bertz CT molecular complexity index is 542. The first kappa shape index (κ1) is 12.7. The van der Waals surface area contributed by atoms with Gasteiger partial charge in [0.1, 0.15) is 0 Å². The van der Waals surface area contributed by atoms with E-state index in [1.165, 1.54) is 11.1 Å². The fourth-order valence-electron chi connectivity index (χ4n) is 1.50. The van der Waals surface area contributed by atoms with Crippen molar-refractivity contribution in [1.29, 1.82) is 0 Å². The number of nitrogens with one attached hydrogen (secondary N) is 1. The molecule has 0 saturated carbocycles. The van der Waals surface area contributed by atoms with Gasteiger partial charge in [-0.15, -0.1) is 0 Å². The Balaban J connectivity index is 2.09. The van der Waals surface area contributed by atoms with E-state index in [0.29, 0.717) is 5.17 Å². The molecule has 0 bridgehead atoms. The third-order valence-electron chi connectivity index (χ3n) is 2.62. The highest BCUT2D eigenvalue weighted by Crippen LogP contribution is 2.11. The van der Waals surface area contributed by atoms with E-state index in [4.69, 9.17) is 11.6 Å². The second-order valence-corrected chi connectivity index (χ2v) is 4.60. The molecule has 92 valence electrons. The number of halogens is 1. The van der Waals surface area contributed by atoms with Gasteiger partial charge in [0.15, 0.2) is 5.17 Å². The standard InChI is InChI=1S/C15H15ClN2/c1-11-3-7-13(8-4-11)15(16)18-17-14-9-5-12(2)6-10-14/h3-10,17H,1-2H3/b18-15+. The maximum atomic E-state index is 6.13. The predicted octanol–water partition coefficient (Wildman–Crippen LogP) is 4.32. The summed E-state index contributed by atoms with van der Waals surface area (Å²) in [5.74, 6) is 0. The zero-order chi connectivity index (χ0) is 13.0. The summed E-state index contributed by atoms with van der Waals surface area (Å²) in [6.07, 6.45) is 0. The third-order valence-corrected chi connectivity index (χ3v) is 2.93. The van der Waals surface area contributed by atoms with E-state index in [9.17, 15) is 0 Å². The molecular formula is C15H15ClN2. The first-order valence-electron chi connectivity index (χ1n) is 5.78. The fraction of sp³-hybridized carbons (Fsp3) is 0.133. The number of benzene rings is 2. The van der Waals surface area contributed by atoms with E-state index < -0.39 is 0 Å². The molecule has 0 unspecified atom stereocenters. The highest BCUT2D eigenvalue weighted by molar-refractivity contribution is 6.69. The SMILES string of the molecule is Cc1ccc(N/N=C(/Cl)c2ccc(C)cc2)cc1. The van der Waals surface area contributed by atoms with Crippen LogP contribution in [0.3, 0.4) is 0 Å². The zero-order valence-electron chi connectivity index (χ0n) is 10.4. The topological polar surface area (TPSA) is 24.4 Å². The van der Waals surface area contributed by atoms with Crippen molar-refractivity contribution in [3.05, 3.63) is 65.2 Å². The van der Waals surface area contributed by atoms with Crippen LogP contribution in [0.25, 0.3) is 0 Å². The molecule has 2 aromatic rings. The molecule has 0 aliphatic carbocycles. The van der Waals surface area contributed by atoms with Gasteiger partial charge in [-0.2, -0.15) is 5.10 Å². The van der Waals surface area contributed by atoms with Crippen molar-refractivity contribution < 1.29 is 0 Å². The normalized spacial score (nSPS) is 11.4. The lowest BCUT2D eigenvalue weighted by molar-refractivity contribution is 1.33. The molecule has 0 radical (unpaired) electrons. The lowest BCUT2D eigenvalue weighted by Gasteiger charge is -2.03. The maximum absolute atomic E-state index is 6.13. The summed E-state index contributed by atoms with van der Waals surface area (Å²) >= 11 is 6.13. The first-order chi connectivity index (χ1) is 8.65. The van der Waals surface area contributed by atoms with Crippen molar-refractivity contribution in [2.45, 2.75) is 13.8 Å². The summed E-state index contributed by atoms with van der Waals surface area (Å²) in [6.45, 7) is 4.09. The smallest absolute Gasteiger partial charge is 0.156 e. The Morgan fingerprint density at radius 1 is 0.889 bits per heavy atom. The Kier molecular flexibility index (Phi) is 4.00. The van der Waals surface area contributed by atoms with Crippen LogP contribution in [0.5, 0.6) is 0 Å². The quantitative estimate of drug-likeness (QED) is 0.644. The minimum atomic E-state index is 0.454. The Hall–Kier alpha value is -1.80. The van der Waals surface area contributed by atoms with Crippen LogP contribution in [0.4, 0.5) is 5.69 Å². The van der Waals surface area contributed by atoms with Crippen LogP contribution in [0.15, 0.2) is 53.6 Å². The van der Waals surface area contributed by atoms with Crippen LogP contribution >= 0.6 is 11.6 Å². The molecule has 0 heterocycles. The summed E-state index contributed by atoms with van der Waals surface area (Å²) in [4.78, 5) is 0. The van der Waals surface area contributed by atoms with E-state index in [1.54, 1.807) is 0 Å². The highest BCUT2D eigenvalue weighted by atomic mass is 35.5. The maximum Gasteiger partial charge on any atom is 0.156 e. The number of rotatable bonds is 3. The van der Waals surface area contributed by atoms with Crippen molar-refractivity contribution in [3.8, 4) is 0 Å². The van der Waals surface area contributed by atoms with Gasteiger partial charge in [0.25, 0.3) is 0 Å². The van der Waals surface area contributed by atoms with E-state index in [2.05, 4.69) is 10.5 Å². The lowest BCUT2D eigenvalue weighted by atomic mass is 10.2. The molecule has 1 N–H and O–H groups in total. The van der Waals surface area contributed by atoms with Crippen LogP contribution in [0.2, 0.25) is 0 Å². The Labute approximate surface area is 112 Å². The van der Waals surface area contributed by atoms with Crippen molar-refractivity contribution in [1.82, 2.24) is 0 Å². The van der Waals surface area contributed by atoms with Gasteiger partial charge < -0.3 is 0 Å². The molecular weight excluding hydrogens is 244 g/mol. The number of hydrogen-bond acceptors (Lipinski definition) is 2. The molecule has 2 nitrogen and oxygen atoms in total. The van der Waals surface area contributed by atoms with Gasteiger partial charge in [0.05, 0.1) is 5.69 Å². The van der Waals surface area contributed by atoms with Crippen molar-refractivity contribution in [2.75, 3.05) is 5.43 Å². The molecule has 2 rings (SSSR count). The van der Waals surface area contributed by atoms with Crippen LogP contribution in [-0.2, 0) is 0 Å². The Morgan fingerprint density at radius 2 is 1.39 bits per heavy atom. The zero-order valence-corrected chi connectivity index (χ0v) is 11.2. The predicted molar refractivity (Wildman–Crippen MR) is 78.4 cm³/mol. The van der Waals surface area contributed by atoms with E-state index in [1.807, 2.05) is 62.4 Å². The van der Waals surface area contributed by atoms with Gasteiger partial charge in [-0.1, -0.05) is 59.1 Å². The average Bonchev–Trinajstić information content (AvgIpc) is 2.38. The van der Waals surface area contributed by atoms with Gasteiger partial charge in [-0.05, 0) is 26.0 Å². The molecule has 18 heavy (non-hydrogen) atoms. The molecule has 0 aliphatic heterocycles. The number of aryl methyl sites for hydroxylation is 2. The minimum absolute atomic E-state index is 0.454. The van der Waals surface area contributed by atoms with Crippen LogP contribution in [0, 0.1) is 13.8 Å². The van der Waals surface area contributed by atoms with Crippen LogP contribution in [0.1, 0.15) is 16.7 Å². The lowest BCUT2D eigenvalue weighted by Crippen LogP contribution is -1.97. The van der Waals surface area contributed by atoms with Crippen LogP contribution in [-0.4, -0.2) is 5.17 Å². The summed E-state index contributed by atoms with van der Waals surface area (Å²) in [7, 11) is 0.